The molecule has 3 heteroatoms. The SMILES string of the molecule is Cc1ccc(Pc2cc(Cc3ccccc3)ccc2O)c(C(O)c2ccccc2)c1. The maximum Gasteiger partial charge on any atom is 0.123 e. The number of aryl methyl sites for hydroxylation is 1. The molecule has 4 aromatic rings. The van der Waals surface area contributed by atoms with Crippen molar-refractivity contribution in [2.24, 2.45) is 0 Å². The summed E-state index contributed by atoms with van der Waals surface area (Å²) in [4.78, 5) is 0. The minimum atomic E-state index is -0.691. The summed E-state index contributed by atoms with van der Waals surface area (Å²) in [6, 6.07) is 32.1. The van der Waals surface area contributed by atoms with Gasteiger partial charge in [-0.25, -0.2) is 0 Å². The molecule has 2 N–H and O–H groups in total. The summed E-state index contributed by atoms with van der Waals surface area (Å²) in [6.45, 7) is 2.03. The molecule has 2 unspecified atom stereocenters. The van der Waals surface area contributed by atoms with Gasteiger partial charge in [0.05, 0.1) is 0 Å². The second kappa shape index (κ2) is 9.26. The highest BCUT2D eigenvalue weighted by Crippen LogP contribution is 2.28. The molecule has 0 heterocycles. The van der Waals surface area contributed by atoms with Gasteiger partial charge < -0.3 is 10.2 Å². The Morgan fingerprint density at radius 1 is 0.733 bits per heavy atom. The van der Waals surface area contributed by atoms with E-state index in [-0.39, 0.29) is 8.58 Å². The number of hydrogen-bond donors (Lipinski definition) is 2. The van der Waals surface area contributed by atoms with Crippen molar-refractivity contribution in [3.63, 3.8) is 0 Å². The number of aliphatic hydroxyl groups excluding tert-OH is 1. The van der Waals surface area contributed by atoms with Gasteiger partial charge in [-0.15, -0.1) is 0 Å². The summed E-state index contributed by atoms with van der Waals surface area (Å²) < 4.78 is 0. The fraction of sp³-hybridized carbons (Fsp3) is 0.111. The van der Waals surface area contributed by atoms with Gasteiger partial charge in [0.25, 0.3) is 0 Å². The summed E-state index contributed by atoms with van der Waals surface area (Å²) in [5, 5.41) is 23.5. The average molecular weight is 412 g/mol. The van der Waals surface area contributed by atoms with E-state index in [1.165, 1.54) is 11.1 Å². The monoisotopic (exact) mass is 412 g/mol. The third-order valence-electron chi connectivity index (χ3n) is 5.20. The normalized spacial score (nSPS) is 12.3. The Labute approximate surface area is 179 Å². The fourth-order valence-electron chi connectivity index (χ4n) is 3.61. The van der Waals surface area contributed by atoms with Gasteiger partial charge in [-0.2, -0.15) is 0 Å². The molecule has 0 aliphatic carbocycles. The zero-order valence-corrected chi connectivity index (χ0v) is 17.9. The quantitative estimate of drug-likeness (QED) is 0.438. The first kappa shape index (κ1) is 20.3. The van der Waals surface area contributed by atoms with Gasteiger partial charge >= 0.3 is 0 Å². The van der Waals surface area contributed by atoms with Crippen LogP contribution in [0.4, 0.5) is 0 Å². The number of phenols is 1. The lowest BCUT2D eigenvalue weighted by molar-refractivity contribution is 0.221. The van der Waals surface area contributed by atoms with E-state index in [4.69, 9.17) is 0 Å². The summed E-state index contributed by atoms with van der Waals surface area (Å²) >= 11 is 0. The van der Waals surface area contributed by atoms with Crippen molar-refractivity contribution >= 4 is 19.2 Å². The van der Waals surface area contributed by atoms with Crippen LogP contribution in [-0.4, -0.2) is 10.2 Å². The smallest absolute Gasteiger partial charge is 0.123 e. The third kappa shape index (κ3) is 4.79. The predicted octanol–water partition coefficient (Wildman–Crippen LogP) is 5.00. The lowest BCUT2D eigenvalue weighted by Gasteiger charge is -2.18. The highest BCUT2D eigenvalue weighted by molar-refractivity contribution is 7.55. The van der Waals surface area contributed by atoms with Gasteiger partial charge in [0.15, 0.2) is 0 Å². The number of phenolic OH excluding ortho intramolecular Hbond substituents is 1. The molecule has 0 fully saturated rings. The lowest BCUT2D eigenvalue weighted by Crippen LogP contribution is -2.15. The predicted molar refractivity (Wildman–Crippen MR) is 127 cm³/mol. The Morgan fingerprint density at radius 3 is 2.17 bits per heavy atom. The van der Waals surface area contributed by atoms with Crippen LogP contribution in [0.15, 0.2) is 97.1 Å². The first-order valence-electron chi connectivity index (χ1n) is 10.1. The van der Waals surface area contributed by atoms with Gasteiger partial charge in [-0.1, -0.05) is 99.1 Å². The Balaban J connectivity index is 1.65. The molecule has 0 saturated heterocycles. The van der Waals surface area contributed by atoms with E-state index in [1.807, 2.05) is 67.6 Å². The van der Waals surface area contributed by atoms with Crippen molar-refractivity contribution in [3.8, 4) is 5.75 Å². The van der Waals surface area contributed by atoms with Crippen LogP contribution in [0.25, 0.3) is 0 Å². The second-order valence-electron chi connectivity index (χ2n) is 7.54. The van der Waals surface area contributed by atoms with Gasteiger partial charge in [-0.3, -0.25) is 0 Å². The van der Waals surface area contributed by atoms with Crippen LogP contribution in [0, 0.1) is 6.92 Å². The molecule has 30 heavy (non-hydrogen) atoms. The minimum absolute atomic E-state index is 0.256. The van der Waals surface area contributed by atoms with E-state index in [0.29, 0.717) is 5.75 Å². The molecule has 0 radical (unpaired) electrons. The minimum Gasteiger partial charge on any atom is -0.507 e. The van der Waals surface area contributed by atoms with Crippen molar-refractivity contribution < 1.29 is 10.2 Å². The molecular weight excluding hydrogens is 387 g/mol. The molecule has 150 valence electrons. The van der Waals surface area contributed by atoms with E-state index in [1.54, 1.807) is 6.07 Å². The Morgan fingerprint density at radius 2 is 1.43 bits per heavy atom. The first-order valence-corrected chi connectivity index (χ1v) is 11.1. The summed E-state index contributed by atoms with van der Waals surface area (Å²) in [6.07, 6.45) is 0.134. The Bertz CT molecular complexity index is 1120. The van der Waals surface area contributed by atoms with Crippen molar-refractivity contribution in [1.29, 1.82) is 0 Å². The zero-order valence-electron chi connectivity index (χ0n) is 16.9. The molecule has 0 aliphatic heterocycles. The number of benzene rings is 4. The van der Waals surface area contributed by atoms with Crippen molar-refractivity contribution in [1.82, 2.24) is 0 Å². The first-order chi connectivity index (χ1) is 14.6. The standard InChI is InChI=1S/C27H25O2P/c1-19-12-15-25(23(16-19)27(29)22-10-6-3-7-11-22)30-26-18-21(13-14-24(26)28)17-20-8-4-2-5-9-20/h2-16,18,27-30H,17H2,1H3. The topological polar surface area (TPSA) is 40.5 Å². The highest BCUT2D eigenvalue weighted by atomic mass is 31.1. The molecule has 4 rings (SSSR count). The molecule has 0 aliphatic rings. The van der Waals surface area contributed by atoms with Crippen molar-refractivity contribution in [3.05, 3.63) is 125 Å². The highest BCUT2D eigenvalue weighted by Gasteiger charge is 2.16. The van der Waals surface area contributed by atoms with Crippen molar-refractivity contribution in [2.45, 2.75) is 19.4 Å². The molecule has 2 atom stereocenters. The van der Waals surface area contributed by atoms with Crippen LogP contribution in [0.3, 0.4) is 0 Å². The maximum absolute atomic E-state index is 11.0. The lowest BCUT2D eigenvalue weighted by atomic mass is 10.00. The Kier molecular flexibility index (Phi) is 6.28. The molecule has 0 aromatic heterocycles. The van der Waals surface area contributed by atoms with Crippen molar-refractivity contribution in [2.75, 3.05) is 0 Å². The third-order valence-corrected chi connectivity index (χ3v) is 6.59. The average Bonchev–Trinajstić information content (AvgIpc) is 2.78. The van der Waals surface area contributed by atoms with E-state index >= 15 is 0 Å². The molecular formula is C27H25O2P. The zero-order chi connectivity index (χ0) is 20.9. The molecule has 4 aromatic carbocycles. The summed E-state index contributed by atoms with van der Waals surface area (Å²) in [7, 11) is 0.256. The molecule has 0 spiro atoms. The van der Waals surface area contributed by atoms with Crippen LogP contribution in [-0.2, 0) is 6.42 Å². The Hall–Kier alpha value is -2.93. The van der Waals surface area contributed by atoms with E-state index < -0.39 is 6.10 Å². The number of aliphatic hydroxyl groups is 1. The van der Waals surface area contributed by atoms with Crippen LogP contribution in [0.5, 0.6) is 5.75 Å². The van der Waals surface area contributed by atoms with E-state index in [0.717, 1.165) is 33.7 Å². The number of rotatable bonds is 6. The van der Waals surface area contributed by atoms with Gasteiger partial charge in [0.2, 0.25) is 0 Å². The number of hydrogen-bond acceptors (Lipinski definition) is 2. The fourth-order valence-corrected chi connectivity index (χ4v) is 4.89. The van der Waals surface area contributed by atoms with E-state index in [2.05, 4.69) is 30.3 Å². The number of aromatic hydroxyl groups is 1. The second-order valence-corrected chi connectivity index (χ2v) is 8.87. The molecule has 2 nitrogen and oxygen atoms in total. The van der Waals surface area contributed by atoms with Crippen LogP contribution < -0.4 is 10.6 Å². The molecule has 0 saturated carbocycles. The molecule has 0 bridgehead atoms. The van der Waals surface area contributed by atoms with Crippen LogP contribution in [0.1, 0.15) is 33.9 Å². The summed E-state index contributed by atoms with van der Waals surface area (Å²) in [5.41, 5.74) is 5.28. The van der Waals surface area contributed by atoms with Gasteiger partial charge in [0.1, 0.15) is 11.9 Å². The van der Waals surface area contributed by atoms with E-state index in [9.17, 15) is 10.2 Å². The van der Waals surface area contributed by atoms with Gasteiger partial charge in [-0.05, 0) is 53.0 Å². The largest absolute Gasteiger partial charge is 0.507 e. The van der Waals surface area contributed by atoms with Crippen LogP contribution in [0.2, 0.25) is 0 Å². The summed E-state index contributed by atoms with van der Waals surface area (Å²) in [5.74, 6) is 0.297. The maximum atomic E-state index is 11.0. The van der Waals surface area contributed by atoms with Gasteiger partial charge in [0, 0.05) is 5.30 Å². The molecule has 0 amide bonds. The van der Waals surface area contributed by atoms with Crippen LogP contribution >= 0.6 is 8.58 Å².